The van der Waals surface area contributed by atoms with Crippen LogP contribution in [0.3, 0.4) is 0 Å². The maximum Gasteiger partial charge on any atom is 0.253 e. The summed E-state index contributed by atoms with van der Waals surface area (Å²) >= 11 is 0. The number of carbonyl (C=O) groups is 2. The Hall–Kier alpha value is -4.00. The van der Waals surface area contributed by atoms with Gasteiger partial charge in [-0.1, -0.05) is 36.4 Å². The zero-order valence-corrected chi connectivity index (χ0v) is 18.3. The predicted molar refractivity (Wildman–Crippen MR) is 124 cm³/mol. The Labute approximate surface area is 186 Å². The molecule has 162 valence electrons. The van der Waals surface area contributed by atoms with Crippen LogP contribution in [-0.4, -0.2) is 51.6 Å². The van der Waals surface area contributed by atoms with Crippen molar-refractivity contribution in [1.29, 1.82) is 0 Å². The fourth-order valence-corrected chi connectivity index (χ4v) is 3.69. The molecular formula is C25H25N5O2. The minimum atomic E-state index is -0.128. The highest BCUT2D eigenvalue weighted by Crippen LogP contribution is 2.29. The molecule has 4 rings (SSSR count). The first-order chi connectivity index (χ1) is 15.4. The van der Waals surface area contributed by atoms with Crippen LogP contribution in [0.25, 0.3) is 21.9 Å². The lowest BCUT2D eigenvalue weighted by Crippen LogP contribution is -2.35. The normalized spacial score (nSPS) is 11.8. The van der Waals surface area contributed by atoms with Crippen LogP contribution in [0.5, 0.6) is 0 Å². The monoisotopic (exact) mass is 427 g/mol. The summed E-state index contributed by atoms with van der Waals surface area (Å²) in [5.74, 6) is -0.153. The molecule has 32 heavy (non-hydrogen) atoms. The van der Waals surface area contributed by atoms with E-state index >= 15 is 0 Å². The predicted octanol–water partition coefficient (Wildman–Crippen LogP) is 3.62. The molecule has 7 nitrogen and oxygen atoms in total. The van der Waals surface area contributed by atoms with Gasteiger partial charge in [0.15, 0.2) is 0 Å². The van der Waals surface area contributed by atoms with Gasteiger partial charge in [0.1, 0.15) is 12.7 Å². The van der Waals surface area contributed by atoms with Crippen LogP contribution >= 0.6 is 0 Å². The van der Waals surface area contributed by atoms with Gasteiger partial charge in [0.2, 0.25) is 0 Å². The molecule has 4 aromatic rings. The summed E-state index contributed by atoms with van der Waals surface area (Å²) in [4.78, 5) is 30.4. The van der Waals surface area contributed by atoms with E-state index in [1.165, 1.54) is 6.33 Å². The number of hydrogen-bond donors (Lipinski definition) is 1. The summed E-state index contributed by atoms with van der Waals surface area (Å²) < 4.78 is 1.69. The number of amides is 2. The molecule has 0 aliphatic carbocycles. The summed E-state index contributed by atoms with van der Waals surface area (Å²) in [7, 11) is 3.48. The molecule has 1 N–H and O–H groups in total. The zero-order chi connectivity index (χ0) is 22.7. The van der Waals surface area contributed by atoms with E-state index in [2.05, 4.69) is 15.4 Å². The van der Waals surface area contributed by atoms with Crippen LogP contribution in [0.4, 0.5) is 0 Å². The summed E-state index contributed by atoms with van der Waals surface area (Å²) in [5.41, 5.74) is 3.33. The number of fused-ring (bicyclic) bond motifs is 1. The molecule has 0 fully saturated rings. The van der Waals surface area contributed by atoms with Gasteiger partial charge in [-0.3, -0.25) is 14.3 Å². The number of hydrogen-bond acceptors (Lipinski definition) is 4. The van der Waals surface area contributed by atoms with Crippen LogP contribution in [0, 0.1) is 0 Å². The number of nitrogens with one attached hydrogen (secondary N) is 1. The van der Waals surface area contributed by atoms with Crippen molar-refractivity contribution in [2.24, 2.45) is 0 Å². The molecule has 0 aliphatic heterocycles. The minimum Gasteiger partial charge on any atom is -0.348 e. The molecule has 0 spiro atoms. The van der Waals surface area contributed by atoms with Gasteiger partial charge in [0.05, 0.1) is 6.54 Å². The van der Waals surface area contributed by atoms with Crippen molar-refractivity contribution in [2.75, 3.05) is 14.1 Å². The average molecular weight is 428 g/mol. The fourth-order valence-electron chi connectivity index (χ4n) is 3.69. The first kappa shape index (κ1) is 21.2. The minimum absolute atomic E-state index is 0.0248. The third-order valence-electron chi connectivity index (χ3n) is 5.30. The van der Waals surface area contributed by atoms with Gasteiger partial charge in [-0.05, 0) is 53.1 Å². The van der Waals surface area contributed by atoms with Gasteiger partial charge in [0.25, 0.3) is 11.8 Å². The maximum absolute atomic E-state index is 12.7. The second-order valence-corrected chi connectivity index (χ2v) is 8.01. The zero-order valence-electron chi connectivity index (χ0n) is 18.3. The molecule has 0 saturated carbocycles. The van der Waals surface area contributed by atoms with E-state index in [1.54, 1.807) is 30.0 Å². The highest BCUT2D eigenvalue weighted by molar-refractivity contribution is 6.03. The third kappa shape index (κ3) is 4.51. The van der Waals surface area contributed by atoms with Crippen molar-refractivity contribution in [2.45, 2.75) is 19.5 Å². The van der Waals surface area contributed by atoms with Crippen LogP contribution in [0.2, 0.25) is 0 Å². The summed E-state index contributed by atoms with van der Waals surface area (Å²) in [6, 6.07) is 19.2. The van der Waals surface area contributed by atoms with Crippen LogP contribution in [-0.2, 0) is 6.54 Å². The van der Waals surface area contributed by atoms with Gasteiger partial charge >= 0.3 is 0 Å². The van der Waals surface area contributed by atoms with Crippen molar-refractivity contribution in [3.63, 3.8) is 0 Å². The molecule has 0 aliphatic rings. The molecule has 0 bridgehead atoms. The van der Waals surface area contributed by atoms with Gasteiger partial charge in [0, 0.05) is 31.3 Å². The highest BCUT2D eigenvalue weighted by Gasteiger charge is 2.13. The van der Waals surface area contributed by atoms with Gasteiger partial charge in [-0.25, -0.2) is 4.98 Å². The Bertz CT molecular complexity index is 1250. The van der Waals surface area contributed by atoms with Crippen molar-refractivity contribution in [1.82, 2.24) is 25.0 Å². The van der Waals surface area contributed by atoms with Gasteiger partial charge in [-0.15, -0.1) is 0 Å². The molecule has 0 radical (unpaired) electrons. The largest absolute Gasteiger partial charge is 0.348 e. The smallest absolute Gasteiger partial charge is 0.253 e. The standard InChI is InChI=1S/C25H25N5O2/c1-17(14-30-16-26-15-27-30)28-24(31)21-11-12-23-20(13-21)5-4-6-22(23)18-7-9-19(10-8-18)25(32)29(2)3/h4-13,15-17H,14H2,1-3H3,(H,28,31). The number of aromatic nitrogens is 3. The van der Waals surface area contributed by atoms with E-state index in [4.69, 9.17) is 0 Å². The third-order valence-corrected chi connectivity index (χ3v) is 5.30. The first-order valence-corrected chi connectivity index (χ1v) is 10.4. The molecule has 3 aromatic carbocycles. The Morgan fingerprint density at radius 1 is 1.03 bits per heavy atom. The van der Waals surface area contributed by atoms with Crippen molar-refractivity contribution >= 4 is 22.6 Å². The van der Waals surface area contributed by atoms with Crippen LogP contribution in [0.15, 0.2) is 73.3 Å². The maximum atomic E-state index is 12.7. The molecule has 1 aromatic heterocycles. The Morgan fingerprint density at radius 2 is 1.78 bits per heavy atom. The number of rotatable bonds is 6. The van der Waals surface area contributed by atoms with Gasteiger partial charge < -0.3 is 10.2 Å². The topological polar surface area (TPSA) is 80.1 Å². The number of carbonyl (C=O) groups excluding carboxylic acids is 2. The van der Waals surface area contributed by atoms with E-state index in [0.29, 0.717) is 17.7 Å². The number of benzene rings is 3. The lowest BCUT2D eigenvalue weighted by molar-refractivity contribution is 0.0827. The molecular weight excluding hydrogens is 402 g/mol. The van der Waals surface area contributed by atoms with Crippen LogP contribution < -0.4 is 5.32 Å². The van der Waals surface area contributed by atoms with Gasteiger partial charge in [-0.2, -0.15) is 5.10 Å². The van der Waals surface area contributed by atoms with Crippen LogP contribution in [0.1, 0.15) is 27.6 Å². The lowest BCUT2D eigenvalue weighted by atomic mass is 9.96. The summed E-state index contributed by atoms with van der Waals surface area (Å²) in [6.45, 7) is 2.49. The molecule has 2 amide bonds. The first-order valence-electron chi connectivity index (χ1n) is 10.4. The van der Waals surface area contributed by atoms with Crippen molar-refractivity contribution < 1.29 is 9.59 Å². The second kappa shape index (κ2) is 9.01. The van der Waals surface area contributed by atoms with E-state index in [0.717, 1.165) is 21.9 Å². The van der Waals surface area contributed by atoms with E-state index in [1.807, 2.05) is 67.6 Å². The van der Waals surface area contributed by atoms with Crippen molar-refractivity contribution in [3.05, 3.63) is 84.4 Å². The second-order valence-electron chi connectivity index (χ2n) is 8.01. The quantitative estimate of drug-likeness (QED) is 0.510. The fraction of sp³-hybridized carbons (Fsp3) is 0.200. The molecule has 1 unspecified atom stereocenters. The van der Waals surface area contributed by atoms with Crippen molar-refractivity contribution in [3.8, 4) is 11.1 Å². The molecule has 1 heterocycles. The number of nitrogens with zero attached hydrogens (tertiary/aromatic N) is 4. The molecule has 1 atom stereocenters. The average Bonchev–Trinajstić information content (AvgIpc) is 3.30. The summed E-state index contributed by atoms with van der Waals surface area (Å²) in [6.07, 6.45) is 3.10. The summed E-state index contributed by atoms with van der Waals surface area (Å²) in [5, 5.41) is 9.11. The molecule has 0 saturated heterocycles. The molecule has 7 heteroatoms. The van der Waals surface area contributed by atoms with E-state index in [-0.39, 0.29) is 17.9 Å². The Balaban J connectivity index is 1.56. The highest BCUT2D eigenvalue weighted by atomic mass is 16.2. The lowest BCUT2D eigenvalue weighted by Gasteiger charge is -2.14. The Morgan fingerprint density at radius 3 is 2.47 bits per heavy atom. The van der Waals surface area contributed by atoms with E-state index in [9.17, 15) is 9.59 Å². The SMILES string of the molecule is CC(Cn1cncn1)NC(=O)c1ccc2c(-c3ccc(C(=O)N(C)C)cc3)cccc2c1. The van der Waals surface area contributed by atoms with E-state index < -0.39 is 0 Å². The Kier molecular flexibility index (Phi) is 5.98.